The fourth-order valence-corrected chi connectivity index (χ4v) is 2.93. The lowest BCUT2D eigenvalue weighted by Gasteiger charge is -2.28. The van der Waals surface area contributed by atoms with Gasteiger partial charge in [0.05, 0.1) is 6.54 Å². The molecule has 0 aliphatic carbocycles. The summed E-state index contributed by atoms with van der Waals surface area (Å²) in [4.78, 5) is 26.1. The monoisotopic (exact) mass is 334 g/mol. The fraction of sp³-hybridized carbons (Fsp3) is 0.238. The number of nitrogens with zero attached hydrogens (tertiary/aromatic N) is 1. The van der Waals surface area contributed by atoms with Crippen molar-refractivity contribution in [2.45, 2.75) is 12.8 Å². The Morgan fingerprint density at radius 1 is 0.920 bits per heavy atom. The molecular formula is C21H22N2O2. The van der Waals surface area contributed by atoms with Gasteiger partial charge in [-0.3, -0.25) is 9.59 Å². The summed E-state index contributed by atoms with van der Waals surface area (Å²) in [6.45, 7) is 1.46. The van der Waals surface area contributed by atoms with Crippen LogP contribution in [-0.4, -0.2) is 36.3 Å². The molecule has 2 aromatic rings. The molecular weight excluding hydrogens is 312 g/mol. The molecule has 0 spiro atoms. The quantitative estimate of drug-likeness (QED) is 0.934. The molecule has 1 aliphatic rings. The summed E-state index contributed by atoms with van der Waals surface area (Å²) in [7, 11) is 0. The van der Waals surface area contributed by atoms with Gasteiger partial charge in [-0.15, -0.1) is 0 Å². The number of hydrogen-bond donors (Lipinski definition) is 1. The average Bonchev–Trinajstić information content (AvgIpc) is 2.68. The molecule has 1 fully saturated rings. The highest BCUT2D eigenvalue weighted by Gasteiger charge is 2.19. The van der Waals surface area contributed by atoms with Crippen LogP contribution in [0.15, 0.2) is 66.2 Å². The maximum atomic E-state index is 12.3. The van der Waals surface area contributed by atoms with Gasteiger partial charge in [0.25, 0.3) is 5.91 Å². The Balaban J connectivity index is 1.47. The average molecular weight is 334 g/mol. The van der Waals surface area contributed by atoms with Crippen LogP contribution in [0, 0.1) is 0 Å². The molecule has 4 nitrogen and oxygen atoms in total. The second-order valence-electron chi connectivity index (χ2n) is 6.14. The molecule has 0 unspecified atom stereocenters. The van der Waals surface area contributed by atoms with Crippen LogP contribution in [0.4, 0.5) is 0 Å². The topological polar surface area (TPSA) is 49.4 Å². The molecule has 25 heavy (non-hydrogen) atoms. The number of likely N-dealkylation sites (tertiary alicyclic amines) is 1. The van der Waals surface area contributed by atoms with E-state index < -0.39 is 0 Å². The number of rotatable bonds is 4. The van der Waals surface area contributed by atoms with Crippen molar-refractivity contribution in [2.75, 3.05) is 19.6 Å². The van der Waals surface area contributed by atoms with E-state index in [1.807, 2.05) is 41.3 Å². The molecule has 4 heteroatoms. The molecule has 2 amide bonds. The van der Waals surface area contributed by atoms with Crippen LogP contribution in [0.2, 0.25) is 0 Å². The number of amides is 2. The van der Waals surface area contributed by atoms with Crippen molar-refractivity contribution in [2.24, 2.45) is 0 Å². The zero-order chi connectivity index (χ0) is 17.5. The highest BCUT2D eigenvalue weighted by molar-refractivity contribution is 5.96. The maximum absolute atomic E-state index is 12.3. The molecule has 1 saturated heterocycles. The van der Waals surface area contributed by atoms with Gasteiger partial charge in [0.2, 0.25) is 5.91 Å². The normalized spacial score (nSPS) is 14.1. The van der Waals surface area contributed by atoms with Crippen LogP contribution in [0.25, 0.3) is 6.08 Å². The molecule has 0 aromatic heterocycles. The van der Waals surface area contributed by atoms with Crippen molar-refractivity contribution in [3.63, 3.8) is 0 Å². The summed E-state index contributed by atoms with van der Waals surface area (Å²) < 4.78 is 0. The first-order valence-corrected chi connectivity index (χ1v) is 8.58. The molecule has 2 aromatic carbocycles. The number of carbonyl (C=O) groups excluding carboxylic acids is 2. The third kappa shape index (κ3) is 4.80. The number of carbonyl (C=O) groups is 2. The summed E-state index contributed by atoms with van der Waals surface area (Å²) in [5.41, 5.74) is 3.14. The molecule has 1 heterocycles. The van der Waals surface area contributed by atoms with Gasteiger partial charge in [0, 0.05) is 18.7 Å². The second-order valence-corrected chi connectivity index (χ2v) is 6.14. The van der Waals surface area contributed by atoms with Crippen molar-refractivity contribution in [1.82, 2.24) is 10.2 Å². The van der Waals surface area contributed by atoms with Gasteiger partial charge in [0.1, 0.15) is 0 Å². The minimum atomic E-state index is -0.212. The van der Waals surface area contributed by atoms with Gasteiger partial charge in [-0.1, -0.05) is 60.2 Å². The predicted molar refractivity (Wildman–Crippen MR) is 99.0 cm³/mol. The van der Waals surface area contributed by atoms with E-state index in [4.69, 9.17) is 0 Å². The largest absolute Gasteiger partial charge is 0.343 e. The fourth-order valence-electron chi connectivity index (χ4n) is 2.93. The highest BCUT2D eigenvalue weighted by atomic mass is 16.2. The van der Waals surface area contributed by atoms with Crippen LogP contribution < -0.4 is 5.32 Å². The van der Waals surface area contributed by atoms with Crippen LogP contribution in [0.1, 0.15) is 28.8 Å². The summed E-state index contributed by atoms with van der Waals surface area (Å²) >= 11 is 0. The lowest BCUT2D eigenvalue weighted by Crippen LogP contribution is -2.42. The Labute approximate surface area is 148 Å². The molecule has 0 atom stereocenters. The lowest BCUT2D eigenvalue weighted by molar-refractivity contribution is -0.130. The Kier molecular flexibility index (Phi) is 5.62. The van der Waals surface area contributed by atoms with Crippen molar-refractivity contribution in [3.05, 3.63) is 77.4 Å². The summed E-state index contributed by atoms with van der Waals surface area (Å²) in [6.07, 6.45) is 3.97. The molecule has 0 bridgehead atoms. The minimum Gasteiger partial charge on any atom is -0.343 e. The first-order valence-electron chi connectivity index (χ1n) is 8.58. The summed E-state index contributed by atoms with van der Waals surface area (Å²) in [6, 6.07) is 19.2. The zero-order valence-corrected chi connectivity index (χ0v) is 14.2. The first kappa shape index (κ1) is 17.0. The Hall–Kier alpha value is -2.88. The van der Waals surface area contributed by atoms with Gasteiger partial charge in [-0.05, 0) is 30.5 Å². The van der Waals surface area contributed by atoms with Crippen molar-refractivity contribution in [1.29, 1.82) is 0 Å². The van der Waals surface area contributed by atoms with Crippen molar-refractivity contribution >= 4 is 17.9 Å². The standard InChI is InChI=1S/C21H22N2O2/c24-20(16-22-21(25)19-9-5-2-6-10-19)23-13-11-18(12-14-23)15-17-7-3-1-4-8-17/h1-10,15H,11-14,16H2,(H,22,25). The van der Waals surface area contributed by atoms with E-state index in [9.17, 15) is 9.59 Å². The second kappa shape index (κ2) is 8.29. The highest BCUT2D eigenvalue weighted by Crippen LogP contribution is 2.19. The third-order valence-electron chi connectivity index (χ3n) is 4.36. The van der Waals surface area contributed by atoms with E-state index >= 15 is 0 Å². The van der Waals surface area contributed by atoms with Gasteiger partial charge < -0.3 is 10.2 Å². The van der Waals surface area contributed by atoms with E-state index in [2.05, 4.69) is 23.5 Å². The van der Waals surface area contributed by atoms with Gasteiger partial charge in [-0.2, -0.15) is 0 Å². The smallest absolute Gasteiger partial charge is 0.251 e. The van der Waals surface area contributed by atoms with Crippen LogP contribution in [0.3, 0.4) is 0 Å². The number of benzene rings is 2. The SMILES string of the molecule is O=C(NCC(=O)N1CCC(=Cc2ccccc2)CC1)c1ccccc1. The van der Waals surface area contributed by atoms with Crippen LogP contribution in [-0.2, 0) is 4.79 Å². The molecule has 0 saturated carbocycles. The van der Waals surface area contributed by atoms with E-state index in [0.29, 0.717) is 18.7 Å². The predicted octanol–water partition coefficient (Wildman–Crippen LogP) is 3.12. The Bertz CT molecular complexity index is 744. The first-order chi connectivity index (χ1) is 12.2. The molecule has 128 valence electrons. The molecule has 1 N–H and O–H groups in total. The van der Waals surface area contributed by atoms with E-state index in [0.717, 1.165) is 12.8 Å². The summed E-state index contributed by atoms with van der Waals surface area (Å²) in [5.74, 6) is -0.237. The molecule has 3 rings (SSSR count). The van der Waals surface area contributed by atoms with Crippen LogP contribution >= 0.6 is 0 Å². The Morgan fingerprint density at radius 2 is 1.52 bits per heavy atom. The molecule has 1 aliphatic heterocycles. The number of hydrogen-bond acceptors (Lipinski definition) is 2. The number of nitrogens with one attached hydrogen (secondary N) is 1. The number of piperidine rings is 1. The maximum Gasteiger partial charge on any atom is 0.251 e. The van der Waals surface area contributed by atoms with Gasteiger partial charge in [0.15, 0.2) is 0 Å². The van der Waals surface area contributed by atoms with Gasteiger partial charge in [-0.25, -0.2) is 0 Å². The van der Waals surface area contributed by atoms with E-state index in [-0.39, 0.29) is 18.4 Å². The van der Waals surface area contributed by atoms with E-state index in [1.54, 1.807) is 12.1 Å². The molecule has 0 radical (unpaired) electrons. The van der Waals surface area contributed by atoms with E-state index in [1.165, 1.54) is 11.1 Å². The van der Waals surface area contributed by atoms with Crippen molar-refractivity contribution < 1.29 is 9.59 Å². The zero-order valence-electron chi connectivity index (χ0n) is 14.2. The minimum absolute atomic E-state index is 0.0250. The van der Waals surface area contributed by atoms with Gasteiger partial charge >= 0.3 is 0 Å². The Morgan fingerprint density at radius 3 is 2.16 bits per heavy atom. The van der Waals surface area contributed by atoms with Crippen molar-refractivity contribution in [3.8, 4) is 0 Å². The summed E-state index contributed by atoms with van der Waals surface area (Å²) in [5, 5.41) is 2.70. The lowest BCUT2D eigenvalue weighted by atomic mass is 10.0. The third-order valence-corrected chi connectivity index (χ3v) is 4.36. The van der Waals surface area contributed by atoms with Crippen LogP contribution in [0.5, 0.6) is 0 Å².